The number of nitrogens with zero attached hydrogens (tertiary/aromatic N) is 2. The van der Waals surface area contributed by atoms with Gasteiger partial charge >= 0.3 is 0 Å². The first-order valence-corrected chi connectivity index (χ1v) is 6.80. The Labute approximate surface area is 127 Å². The molecular formula is C14H16ClN3O3. The van der Waals surface area contributed by atoms with Gasteiger partial charge < -0.3 is 14.6 Å². The van der Waals surface area contributed by atoms with E-state index in [0.717, 1.165) is 0 Å². The van der Waals surface area contributed by atoms with Gasteiger partial charge in [-0.3, -0.25) is 4.79 Å². The molecule has 1 atom stereocenters. The van der Waals surface area contributed by atoms with E-state index in [9.17, 15) is 4.79 Å². The Kier molecular flexibility index (Phi) is 4.80. The van der Waals surface area contributed by atoms with Crippen LogP contribution in [0, 0.1) is 6.92 Å². The number of halogens is 1. The minimum Gasteiger partial charge on any atom is -0.496 e. The van der Waals surface area contributed by atoms with Crippen LogP contribution < -0.4 is 10.1 Å². The zero-order valence-electron chi connectivity index (χ0n) is 12.0. The number of amides is 1. The number of carbonyl (C=O) groups excluding carboxylic acids is 1. The lowest BCUT2D eigenvalue weighted by Gasteiger charge is -2.13. The summed E-state index contributed by atoms with van der Waals surface area (Å²) in [5.41, 5.74) is 0.649. The summed E-state index contributed by atoms with van der Waals surface area (Å²) in [5.74, 6) is 1.28. The van der Waals surface area contributed by atoms with Gasteiger partial charge in [-0.2, -0.15) is 4.98 Å². The van der Waals surface area contributed by atoms with E-state index in [0.29, 0.717) is 28.1 Å². The average molecular weight is 310 g/mol. The summed E-state index contributed by atoms with van der Waals surface area (Å²) >= 11 is 6.11. The zero-order valence-corrected chi connectivity index (χ0v) is 12.8. The van der Waals surface area contributed by atoms with Crippen LogP contribution in [0.4, 0.5) is 0 Å². The standard InChI is InChI=1S/C14H16ClN3O3/c1-8(14-17-9(2)21-18-14)16-13(19)7-10-11(15)5-4-6-12(10)20-3/h4-6,8H,7H2,1-3H3,(H,16,19)/t8-/m1/s1. The number of hydrogen-bond acceptors (Lipinski definition) is 5. The summed E-state index contributed by atoms with van der Waals surface area (Å²) in [6, 6.07) is 4.91. The number of nitrogens with one attached hydrogen (secondary N) is 1. The molecule has 1 amide bonds. The first kappa shape index (κ1) is 15.3. The van der Waals surface area contributed by atoms with Crippen LogP contribution in [0.3, 0.4) is 0 Å². The predicted octanol–water partition coefficient (Wildman–Crippen LogP) is 2.46. The smallest absolute Gasteiger partial charge is 0.225 e. The van der Waals surface area contributed by atoms with Gasteiger partial charge in [0.2, 0.25) is 11.8 Å². The minimum absolute atomic E-state index is 0.115. The zero-order chi connectivity index (χ0) is 15.4. The van der Waals surface area contributed by atoms with Crippen molar-refractivity contribution in [3.8, 4) is 5.75 Å². The maximum atomic E-state index is 12.1. The second kappa shape index (κ2) is 6.58. The second-order valence-electron chi connectivity index (χ2n) is 4.56. The van der Waals surface area contributed by atoms with Gasteiger partial charge in [0.1, 0.15) is 5.75 Å². The summed E-state index contributed by atoms with van der Waals surface area (Å²) in [6.07, 6.45) is 0.115. The Hall–Kier alpha value is -2.08. The average Bonchev–Trinajstić information content (AvgIpc) is 2.87. The van der Waals surface area contributed by atoms with Gasteiger partial charge in [-0.15, -0.1) is 0 Å². The number of aryl methyl sites for hydroxylation is 1. The molecule has 1 heterocycles. The van der Waals surface area contributed by atoms with Crippen molar-refractivity contribution in [2.24, 2.45) is 0 Å². The fourth-order valence-electron chi connectivity index (χ4n) is 1.91. The summed E-state index contributed by atoms with van der Waals surface area (Å²) in [4.78, 5) is 16.2. The molecule has 0 aliphatic carbocycles. The van der Waals surface area contributed by atoms with Crippen LogP contribution in [0.5, 0.6) is 5.75 Å². The van der Waals surface area contributed by atoms with Gasteiger partial charge in [0.05, 0.1) is 19.6 Å². The monoisotopic (exact) mass is 309 g/mol. The van der Waals surface area contributed by atoms with Crippen LogP contribution in [0.1, 0.15) is 30.2 Å². The maximum Gasteiger partial charge on any atom is 0.225 e. The molecule has 0 unspecified atom stereocenters. The molecular weight excluding hydrogens is 294 g/mol. The number of methoxy groups -OCH3 is 1. The molecule has 0 aliphatic rings. The molecule has 0 spiro atoms. The van der Waals surface area contributed by atoms with Gasteiger partial charge in [-0.1, -0.05) is 22.8 Å². The Morgan fingerprint density at radius 2 is 2.29 bits per heavy atom. The molecule has 0 radical (unpaired) electrons. The highest BCUT2D eigenvalue weighted by Gasteiger charge is 2.17. The third kappa shape index (κ3) is 3.72. The van der Waals surface area contributed by atoms with Gasteiger partial charge in [-0.05, 0) is 19.1 Å². The van der Waals surface area contributed by atoms with Crippen molar-refractivity contribution in [2.75, 3.05) is 7.11 Å². The molecule has 112 valence electrons. The Morgan fingerprint density at radius 3 is 2.90 bits per heavy atom. The highest BCUT2D eigenvalue weighted by Crippen LogP contribution is 2.26. The van der Waals surface area contributed by atoms with E-state index in [4.69, 9.17) is 20.9 Å². The first-order valence-electron chi connectivity index (χ1n) is 6.42. The van der Waals surface area contributed by atoms with Crippen LogP contribution in [-0.4, -0.2) is 23.2 Å². The molecule has 0 bridgehead atoms. The lowest BCUT2D eigenvalue weighted by Crippen LogP contribution is -2.29. The Balaban J connectivity index is 2.05. The minimum atomic E-state index is -0.344. The molecule has 0 saturated carbocycles. The molecule has 7 heteroatoms. The number of benzene rings is 1. The van der Waals surface area contributed by atoms with E-state index in [1.165, 1.54) is 7.11 Å². The Bertz CT molecular complexity index is 642. The molecule has 0 fully saturated rings. The normalized spacial score (nSPS) is 12.0. The summed E-state index contributed by atoms with van der Waals surface area (Å²) in [7, 11) is 1.54. The van der Waals surface area contributed by atoms with Crippen molar-refractivity contribution in [2.45, 2.75) is 26.3 Å². The predicted molar refractivity (Wildman–Crippen MR) is 77.3 cm³/mol. The van der Waals surface area contributed by atoms with Crippen LogP contribution >= 0.6 is 11.6 Å². The van der Waals surface area contributed by atoms with Crippen molar-refractivity contribution in [3.63, 3.8) is 0 Å². The molecule has 21 heavy (non-hydrogen) atoms. The Morgan fingerprint density at radius 1 is 1.52 bits per heavy atom. The van der Waals surface area contributed by atoms with Crippen LogP contribution in [0.15, 0.2) is 22.7 Å². The van der Waals surface area contributed by atoms with Crippen molar-refractivity contribution in [3.05, 3.63) is 40.5 Å². The molecule has 6 nitrogen and oxygen atoms in total. The maximum absolute atomic E-state index is 12.1. The van der Waals surface area contributed by atoms with E-state index in [-0.39, 0.29) is 18.4 Å². The number of carbonyl (C=O) groups is 1. The quantitative estimate of drug-likeness (QED) is 0.918. The molecule has 0 saturated heterocycles. The van der Waals surface area contributed by atoms with E-state index in [1.54, 1.807) is 32.0 Å². The van der Waals surface area contributed by atoms with E-state index in [2.05, 4.69) is 15.5 Å². The van der Waals surface area contributed by atoms with Crippen molar-refractivity contribution >= 4 is 17.5 Å². The van der Waals surface area contributed by atoms with Crippen molar-refractivity contribution in [1.82, 2.24) is 15.5 Å². The first-order chi connectivity index (χ1) is 10.0. The number of rotatable bonds is 5. The summed E-state index contributed by atoms with van der Waals surface area (Å²) in [5, 5.41) is 7.07. The van der Waals surface area contributed by atoms with E-state index < -0.39 is 0 Å². The summed E-state index contributed by atoms with van der Waals surface area (Å²) < 4.78 is 10.1. The van der Waals surface area contributed by atoms with Crippen molar-refractivity contribution < 1.29 is 14.1 Å². The molecule has 1 aromatic carbocycles. The third-order valence-electron chi connectivity index (χ3n) is 2.94. The highest BCUT2D eigenvalue weighted by molar-refractivity contribution is 6.31. The van der Waals surface area contributed by atoms with Gasteiger partial charge in [-0.25, -0.2) is 0 Å². The molecule has 0 aliphatic heterocycles. The SMILES string of the molecule is COc1cccc(Cl)c1CC(=O)N[C@H](C)c1noc(C)n1. The third-order valence-corrected chi connectivity index (χ3v) is 3.30. The fraction of sp³-hybridized carbons (Fsp3) is 0.357. The van der Waals surface area contributed by atoms with Gasteiger partial charge in [0.15, 0.2) is 5.82 Å². The summed E-state index contributed by atoms with van der Waals surface area (Å²) in [6.45, 7) is 3.48. The molecule has 1 N–H and O–H groups in total. The molecule has 2 rings (SSSR count). The topological polar surface area (TPSA) is 77.2 Å². The van der Waals surface area contributed by atoms with Crippen molar-refractivity contribution in [1.29, 1.82) is 0 Å². The van der Waals surface area contributed by atoms with E-state index >= 15 is 0 Å². The lowest BCUT2D eigenvalue weighted by molar-refractivity contribution is -0.121. The fourth-order valence-corrected chi connectivity index (χ4v) is 2.14. The van der Waals surface area contributed by atoms with Crippen LogP contribution in [0.2, 0.25) is 5.02 Å². The van der Waals surface area contributed by atoms with Crippen LogP contribution in [0.25, 0.3) is 0 Å². The van der Waals surface area contributed by atoms with Gasteiger partial charge in [0, 0.05) is 17.5 Å². The molecule has 2 aromatic rings. The molecule has 1 aromatic heterocycles. The largest absolute Gasteiger partial charge is 0.496 e. The lowest BCUT2D eigenvalue weighted by atomic mass is 10.1. The van der Waals surface area contributed by atoms with E-state index in [1.807, 2.05) is 0 Å². The number of aromatic nitrogens is 2. The number of hydrogen-bond donors (Lipinski definition) is 1. The number of ether oxygens (including phenoxy) is 1. The second-order valence-corrected chi connectivity index (χ2v) is 4.97. The highest BCUT2D eigenvalue weighted by atomic mass is 35.5. The van der Waals surface area contributed by atoms with Crippen LogP contribution in [-0.2, 0) is 11.2 Å². The van der Waals surface area contributed by atoms with Gasteiger partial charge in [0.25, 0.3) is 0 Å².